The summed E-state index contributed by atoms with van der Waals surface area (Å²) in [7, 11) is 0. The summed E-state index contributed by atoms with van der Waals surface area (Å²) in [5.41, 5.74) is 5.96. The van der Waals surface area contributed by atoms with Gasteiger partial charge in [-0.15, -0.1) is 12.4 Å². The summed E-state index contributed by atoms with van der Waals surface area (Å²) in [4.78, 5) is 40.5. The molecule has 2 heterocycles. The molecule has 1 aliphatic carbocycles. The predicted molar refractivity (Wildman–Crippen MR) is 92.4 cm³/mol. The average molecular weight is 358 g/mol. The number of rotatable bonds is 3. The highest BCUT2D eigenvalue weighted by atomic mass is 35.5. The van der Waals surface area contributed by atoms with Crippen molar-refractivity contribution in [3.05, 3.63) is 0 Å². The minimum Gasteiger partial charge on any atom is -0.341 e. The highest BCUT2D eigenvalue weighted by molar-refractivity contribution is 6.07. The summed E-state index contributed by atoms with van der Waals surface area (Å²) in [5, 5.41) is 0. The Balaban J connectivity index is 0.00000208. The number of imide groups is 1. The van der Waals surface area contributed by atoms with Crippen molar-refractivity contribution >= 4 is 30.1 Å². The fraction of sp³-hybridized carbons (Fsp3) is 0.824. The molecule has 4 unspecified atom stereocenters. The van der Waals surface area contributed by atoms with Crippen LogP contribution >= 0.6 is 12.4 Å². The van der Waals surface area contributed by atoms with Crippen LogP contribution in [0.2, 0.25) is 0 Å². The van der Waals surface area contributed by atoms with E-state index in [1.807, 2.05) is 6.92 Å². The van der Waals surface area contributed by atoms with E-state index in [0.717, 1.165) is 38.5 Å². The summed E-state index contributed by atoms with van der Waals surface area (Å²) < 4.78 is 0. The van der Waals surface area contributed by atoms with Gasteiger partial charge in [0, 0.05) is 19.1 Å². The quantitative estimate of drug-likeness (QED) is 0.768. The number of amides is 3. The van der Waals surface area contributed by atoms with E-state index in [4.69, 9.17) is 5.73 Å². The lowest BCUT2D eigenvalue weighted by molar-refractivity contribution is -0.147. The van der Waals surface area contributed by atoms with Crippen LogP contribution in [-0.2, 0) is 14.4 Å². The van der Waals surface area contributed by atoms with E-state index in [1.54, 1.807) is 4.90 Å². The van der Waals surface area contributed by atoms with Crippen molar-refractivity contribution in [2.45, 2.75) is 51.5 Å². The molecule has 0 aromatic rings. The van der Waals surface area contributed by atoms with Crippen LogP contribution < -0.4 is 5.73 Å². The molecule has 2 N–H and O–H groups in total. The molecule has 0 bridgehead atoms. The molecule has 0 aromatic heterocycles. The zero-order valence-electron chi connectivity index (χ0n) is 14.3. The lowest BCUT2D eigenvalue weighted by Crippen LogP contribution is -2.49. The maximum absolute atomic E-state index is 12.6. The van der Waals surface area contributed by atoms with Crippen molar-refractivity contribution in [3.8, 4) is 0 Å². The summed E-state index contributed by atoms with van der Waals surface area (Å²) in [6.07, 6.45) is 5.55. The van der Waals surface area contributed by atoms with Crippen LogP contribution in [0.1, 0.15) is 45.4 Å². The van der Waals surface area contributed by atoms with Gasteiger partial charge in [0.05, 0.1) is 11.8 Å². The molecule has 24 heavy (non-hydrogen) atoms. The lowest BCUT2D eigenvalue weighted by atomic mass is 9.81. The number of carbonyl (C=O) groups is 3. The molecule has 136 valence electrons. The molecule has 3 aliphatic rings. The maximum atomic E-state index is 12.6. The van der Waals surface area contributed by atoms with Gasteiger partial charge in [0.25, 0.3) is 0 Å². The fourth-order valence-electron chi connectivity index (χ4n) is 4.29. The Bertz CT molecular complexity index is 487. The normalized spacial score (nSPS) is 31.5. The second kappa shape index (κ2) is 7.83. The Morgan fingerprint density at radius 3 is 2.25 bits per heavy atom. The maximum Gasteiger partial charge on any atom is 0.242 e. The minimum absolute atomic E-state index is 0. The summed E-state index contributed by atoms with van der Waals surface area (Å²) >= 11 is 0. The summed E-state index contributed by atoms with van der Waals surface area (Å²) in [6.45, 7) is 3.22. The first kappa shape index (κ1) is 19.2. The Hall–Kier alpha value is -1.14. The van der Waals surface area contributed by atoms with Crippen molar-refractivity contribution < 1.29 is 14.4 Å². The van der Waals surface area contributed by atoms with Gasteiger partial charge in [-0.3, -0.25) is 19.3 Å². The van der Waals surface area contributed by atoms with Crippen LogP contribution in [0, 0.1) is 17.8 Å². The van der Waals surface area contributed by atoms with Crippen molar-refractivity contribution in [3.63, 3.8) is 0 Å². The topological polar surface area (TPSA) is 83.7 Å². The van der Waals surface area contributed by atoms with Gasteiger partial charge >= 0.3 is 0 Å². The van der Waals surface area contributed by atoms with Gasteiger partial charge < -0.3 is 10.6 Å². The third-order valence-electron chi connectivity index (χ3n) is 5.78. The second-order valence-corrected chi connectivity index (χ2v) is 7.36. The van der Waals surface area contributed by atoms with Gasteiger partial charge in [0.1, 0.15) is 6.54 Å². The first-order valence-electron chi connectivity index (χ1n) is 8.87. The fourth-order valence-corrected chi connectivity index (χ4v) is 4.29. The van der Waals surface area contributed by atoms with Gasteiger partial charge in [-0.1, -0.05) is 12.8 Å². The van der Waals surface area contributed by atoms with E-state index < -0.39 is 0 Å². The molecule has 3 amide bonds. The Kier molecular flexibility index (Phi) is 6.26. The Morgan fingerprint density at radius 1 is 1.12 bits per heavy atom. The smallest absolute Gasteiger partial charge is 0.242 e. The number of nitrogens with two attached hydrogens (primary N) is 1. The van der Waals surface area contributed by atoms with E-state index in [1.165, 1.54) is 4.90 Å². The van der Waals surface area contributed by atoms with Crippen LogP contribution in [0.3, 0.4) is 0 Å². The molecule has 1 saturated carbocycles. The molecule has 2 aliphatic heterocycles. The molecule has 3 rings (SSSR count). The van der Waals surface area contributed by atoms with E-state index in [0.29, 0.717) is 19.0 Å². The van der Waals surface area contributed by atoms with Crippen LogP contribution in [0.5, 0.6) is 0 Å². The predicted octanol–water partition coefficient (Wildman–Crippen LogP) is 1.17. The first-order valence-corrected chi connectivity index (χ1v) is 8.87. The number of likely N-dealkylation sites (tertiary alicyclic amines) is 2. The number of nitrogens with zero attached hydrogens (tertiary/aromatic N) is 2. The number of halogens is 1. The van der Waals surface area contributed by atoms with Crippen LogP contribution in [0.15, 0.2) is 0 Å². The Labute approximate surface area is 149 Å². The third-order valence-corrected chi connectivity index (χ3v) is 5.78. The lowest BCUT2D eigenvalue weighted by Gasteiger charge is -2.35. The molecule has 7 heteroatoms. The van der Waals surface area contributed by atoms with Crippen LogP contribution in [0.25, 0.3) is 0 Å². The van der Waals surface area contributed by atoms with Gasteiger partial charge in [-0.05, 0) is 38.5 Å². The SMILES string of the molecule is CC(N)C1CCCN(C(=O)CN2C(=O)C3CCCCC3C2=O)C1.Cl. The van der Waals surface area contributed by atoms with Gasteiger partial charge in [-0.2, -0.15) is 0 Å². The zero-order valence-corrected chi connectivity index (χ0v) is 15.1. The molecule has 6 nitrogen and oxygen atoms in total. The van der Waals surface area contributed by atoms with Crippen molar-refractivity contribution in [1.29, 1.82) is 0 Å². The zero-order chi connectivity index (χ0) is 16.6. The average Bonchev–Trinajstić information content (AvgIpc) is 2.80. The highest BCUT2D eigenvalue weighted by Gasteiger charge is 2.48. The molecule has 3 fully saturated rings. The number of piperidine rings is 1. The Morgan fingerprint density at radius 2 is 1.71 bits per heavy atom. The van der Waals surface area contributed by atoms with Crippen molar-refractivity contribution in [2.75, 3.05) is 19.6 Å². The van der Waals surface area contributed by atoms with Crippen molar-refractivity contribution in [2.24, 2.45) is 23.5 Å². The minimum atomic E-state index is -0.179. The molecule has 0 radical (unpaired) electrons. The van der Waals surface area contributed by atoms with E-state index in [-0.39, 0.29) is 54.6 Å². The summed E-state index contributed by atoms with van der Waals surface area (Å²) in [6, 6.07) is 0.0588. The standard InChI is InChI=1S/C17H27N3O3.ClH/c1-11(18)12-5-4-8-19(9-12)15(21)10-20-16(22)13-6-2-3-7-14(13)17(20)23;/h11-14H,2-10,18H2,1H3;1H. The van der Waals surface area contributed by atoms with Gasteiger partial charge in [-0.25, -0.2) is 0 Å². The summed E-state index contributed by atoms with van der Waals surface area (Å²) in [5.74, 6) is -0.428. The highest BCUT2D eigenvalue weighted by Crippen LogP contribution is 2.38. The van der Waals surface area contributed by atoms with E-state index >= 15 is 0 Å². The molecular formula is C17H28ClN3O3. The molecule has 4 atom stereocenters. The van der Waals surface area contributed by atoms with Gasteiger partial charge in [0.2, 0.25) is 17.7 Å². The van der Waals surface area contributed by atoms with E-state index in [2.05, 4.69) is 0 Å². The first-order chi connectivity index (χ1) is 11.0. The third kappa shape index (κ3) is 3.59. The number of hydrogen-bond acceptors (Lipinski definition) is 4. The number of fused-ring (bicyclic) bond motifs is 1. The van der Waals surface area contributed by atoms with E-state index in [9.17, 15) is 14.4 Å². The molecular weight excluding hydrogens is 330 g/mol. The van der Waals surface area contributed by atoms with Crippen molar-refractivity contribution in [1.82, 2.24) is 9.80 Å². The molecule has 0 spiro atoms. The van der Waals surface area contributed by atoms with Crippen LogP contribution in [-0.4, -0.2) is 53.2 Å². The molecule has 0 aromatic carbocycles. The van der Waals surface area contributed by atoms with Crippen LogP contribution in [0.4, 0.5) is 0 Å². The van der Waals surface area contributed by atoms with Gasteiger partial charge in [0.15, 0.2) is 0 Å². The number of hydrogen-bond donors (Lipinski definition) is 1. The second-order valence-electron chi connectivity index (χ2n) is 7.36. The number of carbonyl (C=O) groups excluding carboxylic acids is 3. The molecule has 2 saturated heterocycles. The monoisotopic (exact) mass is 357 g/mol. The largest absolute Gasteiger partial charge is 0.341 e.